The molecule has 0 aliphatic carbocycles. The molecule has 2 amide bonds. The van der Waals surface area contributed by atoms with Crippen LogP contribution in [0.25, 0.3) is 0 Å². The average Bonchev–Trinajstić information content (AvgIpc) is 2.45. The van der Waals surface area contributed by atoms with Crippen LogP contribution >= 0.6 is 0 Å². The Morgan fingerprint density at radius 3 is 2.87 bits per heavy atom. The number of nitrogens with one attached hydrogen (secondary N) is 2. The van der Waals surface area contributed by atoms with Crippen LogP contribution in [0, 0.1) is 6.92 Å². The highest BCUT2D eigenvalue weighted by Crippen LogP contribution is 2.10. The third-order valence-electron chi connectivity index (χ3n) is 2.09. The van der Waals surface area contributed by atoms with Gasteiger partial charge in [0.15, 0.2) is 0 Å². The first-order chi connectivity index (χ1) is 7.15. The van der Waals surface area contributed by atoms with E-state index in [4.69, 9.17) is 0 Å². The van der Waals surface area contributed by atoms with Crippen molar-refractivity contribution in [3.05, 3.63) is 18.1 Å². The van der Waals surface area contributed by atoms with Crippen molar-refractivity contribution in [2.45, 2.75) is 19.4 Å². The summed E-state index contributed by atoms with van der Waals surface area (Å²) in [6.45, 7) is 1.83. The smallest absolute Gasteiger partial charge is 0.249 e. The molecule has 6 heteroatoms. The molecule has 0 unspecified atom stereocenters. The van der Waals surface area contributed by atoms with Crippen LogP contribution in [0.5, 0.6) is 0 Å². The van der Waals surface area contributed by atoms with Gasteiger partial charge in [-0.1, -0.05) is 0 Å². The summed E-state index contributed by atoms with van der Waals surface area (Å²) >= 11 is 0. The van der Waals surface area contributed by atoms with Crippen molar-refractivity contribution in [2.24, 2.45) is 0 Å². The Morgan fingerprint density at radius 2 is 2.27 bits per heavy atom. The number of carbonyl (C=O) groups is 2. The Bertz CT molecular complexity index is 418. The molecule has 0 spiro atoms. The highest BCUT2D eigenvalue weighted by molar-refractivity contribution is 6.06. The molecule has 2 heterocycles. The van der Waals surface area contributed by atoms with Crippen LogP contribution in [-0.2, 0) is 9.59 Å². The second kappa shape index (κ2) is 3.64. The minimum absolute atomic E-state index is 0.155. The predicted octanol–water partition coefficient (Wildman–Crippen LogP) is -0.388. The molecular weight excluding hydrogens is 196 g/mol. The molecule has 2 rings (SSSR count). The van der Waals surface area contributed by atoms with Gasteiger partial charge in [-0.05, 0) is 6.92 Å². The largest absolute Gasteiger partial charge is 0.358 e. The fourth-order valence-electron chi connectivity index (χ4n) is 1.38. The number of aromatic nitrogens is 2. The zero-order chi connectivity index (χ0) is 10.8. The van der Waals surface area contributed by atoms with E-state index in [-0.39, 0.29) is 18.2 Å². The number of nitrogens with zero attached hydrogens (tertiary/aromatic N) is 2. The van der Waals surface area contributed by atoms with Crippen molar-refractivity contribution < 1.29 is 9.59 Å². The van der Waals surface area contributed by atoms with E-state index in [1.54, 1.807) is 6.07 Å². The third-order valence-corrected chi connectivity index (χ3v) is 2.09. The molecule has 0 bridgehead atoms. The Balaban J connectivity index is 2.09. The molecule has 2 N–H and O–H groups in total. The SMILES string of the molecule is Cc1cc(N[C@H]2CC(=O)NC2=O)ncn1. The summed E-state index contributed by atoms with van der Waals surface area (Å²) in [5, 5.41) is 5.10. The van der Waals surface area contributed by atoms with Crippen molar-refractivity contribution in [3.63, 3.8) is 0 Å². The molecule has 1 atom stereocenters. The number of amides is 2. The first kappa shape index (κ1) is 9.57. The van der Waals surface area contributed by atoms with Crippen LogP contribution < -0.4 is 10.6 Å². The predicted molar refractivity (Wildman–Crippen MR) is 51.9 cm³/mol. The summed E-state index contributed by atoms with van der Waals surface area (Å²) in [5.74, 6) is -0.0168. The zero-order valence-corrected chi connectivity index (χ0v) is 8.15. The van der Waals surface area contributed by atoms with Crippen molar-refractivity contribution in [2.75, 3.05) is 5.32 Å². The quantitative estimate of drug-likeness (QED) is 0.644. The Labute approximate surface area is 86.1 Å². The van der Waals surface area contributed by atoms with Crippen molar-refractivity contribution in [1.82, 2.24) is 15.3 Å². The molecule has 0 aromatic carbocycles. The van der Waals surface area contributed by atoms with E-state index in [2.05, 4.69) is 20.6 Å². The molecular formula is C9H10N4O2. The monoisotopic (exact) mass is 206 g/mol. The van der Waals surface area contributed by atoms with Gasteiger partial charge < -0.3 is 5.32 Å². The maximum atomic E-state index is 11.2. The lowest BCUT2D eigenvalue weighted by Gasteiger charge is -2.09. The normalized spacial score (nSPS) is 20.2. The fraction of sp³-hybridized carbons (Fsp3) is 0.333. The van der Waals surface area contributed by atoms with Crippen LogP contribution in [0.4, 0.5) is 5.82 Å². The van der Waals surface area contributed by atoms with Gasteiger partial charge in [0.25, 0.3) is 0 Å². The summed E-state index contributed by atoms with van der Waals surface area (Å²) in [4.78, 5) is 30.0. The number of rotatable bonds is 2. The highest BCUT2D eigenvalue weighted by Gasteiger charge is 2.30. The van der Waals surface area contributed by atoms with Gasteiger partial charge in [-0.25, -0.2) is 9.97 Å². The maximum absolute atomic E-state index is 11.2. The summed E-state index contributed by atoms with van der Waals surface area (Å²) in [5.41, 5.74) is 0.803. The highest BCUT2D eigenvalue weighted by atomic mass is 16.2. The summed E-state index contributed by atoms with van der Waals surface area (Å²) in [6.07, 6.45) is 1.56. The van der Waals surface area contributed by atoms with Crippen molar-refractivity contribution in [1.29, 1.82) is 0 Å². The fourth-order valence-corrected chi connectivity index (χ4v) is 1.38. The van der Waals surface area contributed by atoms with Gasteiger partial charge in [0.05, 0.1) is 6.42 Å². The van der Waals surface area contributed by atoms with Crippen molar-refractivity contribution >= 4 is 17.6 Å². The van der Waals surface area contributed by atoms with Gasteiger partial charge in [-0.2, -0.15) is 0 Å². The lowest BCUT2D eigenvalue weighted by atomic mass is 10.2. The standard InChI is InChI=1S/C9H10N4O2/c1-5-2-7(11-4-10-5)12-6-3-8(14)13-9(6)15/h2,4,6H,3H2,1H3,(H,10,11,12)(H,13,14,15)/t6-/m0/s1. The van der Waals surface area contributed by atoms with Gasteiger partial charge in [0.2, 0.25) is 11.8 Å². The van der Waals surface area contributed by atoms with E-state index < -0.39 is 6.04 Å². The molecule has 1 saturated heterocycles. The second-order valence-corrected chi connectivity index (χ2v) is 3.36. The Kier molecular flexibility index (Phi) is 2.32. The average molecular weight is 206 g/mol. The van der Waals surface area contributed by atoms with Crippen LogP contribution in [0.1, 0.15) is 12.1 Å². The minimum atomic E-state index is -0.521. The minimum Gasteiger partial charge on any atom is -0.358 e. The maximum Gasteiger partial charge on any atom is 0.249 e. The molecule has 78 valence electrons. The van der Waals surface area contributed by atoms with Gasteiger partial charge in [0, 0.05) is 11.8 Å². The number of imide groups is 1. The van der Waals surface area contributed by atoms with E-state index in [1.807, 2.05) is 6.92 Å². The second-order valence-electron chi connectivity index (χ2n) is 3.36. The van der Waals surface area contributed by atoms with Gasteiger partial charge in [-0.15, -0.1) is 0 Å². The van der Waals surface area contributed by atoms with Crippen LogP contribution in [-0.4, -0.2) is 27.8 Å². The van der Waals surface area contributed by atoms with Crippen molar-refractivity contribution in [3.8, 4) is 0 Å². The van der Waals surface area contributed by atoms with Gasteiger partial charge in [-0.3, -0.25) is 14.9 Å². The van der Waals surface area contributed by atoms with Gasteiger partial charge >= 0.3 is 0 Å². The summed E-state index contributed by atoms with van der Waals surface area (Å²) < 4.78 is 0. The number of carbonyl (C=O) groups excluding carboxylic acids is 2. The third kappa shape index (κ3) is 2.09. The Morgan fingerprint density at radius 1 is 1.47 bits per heavy atom. The number of hydrogen-bond acceptors (Lipinski definition) is 5. The molecule has 15 heavy (non-hydrogen) atoms. The molecule has 1 aromatic heterocycles. The molecule has 1 aliphatic heterocycles. The molecule has 1 aliphatic rings. The first-order valence-electron chi connectivity index (χ1n) is 4.54. The van der Waals surface area contributed by atoms with Crippen LogP contribution in [0.3, 0.4) is 0 Å². The first-order valence-corrected chi connectivity index (χ1v) is 4.54. The lowest BCUT2D eigenvalue weighted by molar-refractivity contribution is -0.124. The molecule has 0 saturated carbocycles. The van der Waals surface area contributed by atoms with E-state index in [0.717, 1.165) is 5.69 Å². The van der Waals surface area contributed by atoms with E-state index in [0.29, 0.717) is 5.82 Å². The molecule has 0 radical (unpaired) electrons. The molecule has 6 nitrogen and oxygen atoms in total. The van der Waals surface area contributed by atoms with Crippen LogP contribution in [0.2, 0.25) is 0 Å². The Hall–Kier alpha value is -1.98. The summed E-state index contributed by atoms with van der Waals surface area (Å²) in [7, 11) is 0. The molecule has 1 aromatic rings. The lowest BCUT2D eigenvalue weighted by Crippen LogP contribution is -2.30. The number of anilines is 1. The zero-order valence-electron chi connectivity index (χ0n) is 8.15. The van der Waals surface area contributed by atoms with Gasteiger partial charge in [0.1, 0.15) is 18.2 Å². The van der Waals surface area contributed by atoms with Crippen LogP contribution in [0.15, 0.2) is 12.4 Å². The number of hydrogen-bond donors (Lipinski definition) is 2. The van der Waals surface area contributed by atoms with E-state index in [9.17, 15) is 9.59 Å². The number of aryl methyl sites for hydroxylation is 1. The molecule has 1 fully saturated rings. The summed E-state index contributed by atoms with van der Waals surface area (Å²) in [6, 6.07) is 1.20. The van der Waals surface area contributed by atoms with E-state index in [1.165, 1.54) is 6.33 Å². The topological polar surface area (TPSA) is 84.0 Å². The van der Waals surface area contributed by atoms with E-state index >= 15 is 0 Å².